The van der Waals surface area contributed by atoms with Crippen LogP contribution in [0.1, 0.15) is 58.3 Å². The van der Waals surface area contributed by atoms with Gasteiger partial charge in [0.25, 0.3) is 0 Å². The lowest BCUT2D eigenvalue weighted by atomic mass is 10.0. The summed E-state index contributed by atoms with van der Waals surface area (Å²) in [7, 11) is 0. The van der Waals surface area contributed by atoms with Crippen LogP contribution in [0.3, 0.4) is 0 Å². The fourth-order valence-corrected chi connectivity index (χ4v) is 1.94. The molecule has 1 heterocycles. The fourth-order valence-electron chi connectivity index (χ4n) is 1.94. The minimum Gasteiger partial charge on any atom is -0.465 e. The Kier molecular flexibility index (Phi) is 6.95. The van der Waals surface area contributed by atoms with Crippen molar-refractivity contribution in [2.24, 2.45) is 5.92 Å². The Morgan fingerprint density at radius 3 is 2.75 bits per heavy atom. The van der Waals surface area contributed by atoms with Gasteiger partial charge >= 0.3 is 5.97 Å². The molecular formula is C14H24O2. The van der Waals surface area contributed by atoms with Gasteiger partial charge in [0.05, 0.1) is 6.61 Å². The summed E-state index contributed by atoms with van der Waals surface area (Å²) in [6.07, 6.45) is 13.2. The average molecular weight is 224 g/mol. The van der Waals surface area contributed by atoms with E-state index in [0.29, 0.717) is 18.9 Å². The lowest BCUT2D eigenvalue weighted by Gasteiger charge is -2.12. The van der Waals surface area contributed by atoms with Crippen molar-refractivity contribution in [2.45, 2.75) is 58.3 Å². The van der Waals surface area contributed by atoms with Crippen molar-refractivity contribution in [1.82, 2.24) is 0 Å². The van der Waals surface area contributed by atoms with Gasteiger partial charge in [0, 0.05) is 6.42 Å². The highest BCUT2D eigenvalue weighted by atomic mass is 16.5. The van der Waals surface area contributed by atoms with Crippen LogP contribution in [0.4, 0.5) is 0 Å². The van der Waals surface area contributed by atoms with E-state index in [-0.39, 0.29) is 5.97 Å². The molecule has 0 unspecified atom stereocenters. The van der Waals surface area contributed by atoms with Crippen molar-refractivity contribution in [3.63, 3.8) is 0 Å². The summed E-state index contributed by atoms with van der Waals surface area (Å²) in [5, 5.41) is 0. The predicted octanol–water partition coefficient (Wildman–Crippen LogP) is 3.86. The Balaban J connectivity index is 2.31. The quantitative estimate of drug-likeness (QED) is 0.461. The highest BCUT2D eigenvalue weighted by molar-refractivity contribution is 5.69. The number of hydrogen-bond donors (Lipinski definition) is 0. The van der Waals surface area contributed by atoms with Crippen LogP contribution in [0.2, 0.25) is 0 Å². The van der Waals surface area contributed by atoms with Crippen LogP contribution < -0.4 is 0 Å². The number of rotatable bonds is 0. The summed E-state index contributed by atoms with van der Waals surface area (Å²) >= 11 is 0. The van der Waals surface area contributed by atoms with Crippen LogP contribution in [0.5, 0.6) is 0 Å². The molecule has 1 aliphatic rings. The maximum absolute atomic E-state index is 11.3. The molecule has 0 radical (unpaired) electrons. The van der Waals surface area contributed by atoms with Crippen molar-refractivity contribution in [3.05, 3.63) is 12.2 Å². The first kappa shape index (κ1) is 13.3. The highest BCUT2D eigenvalue weighted by Crippen LogP contribution is 2.13. The predicted molar refractivity (Wildman–Crippen MR) is 66.2 cm³/mol. The largest absolute Gasteiger partial charge is 0.465 e. The normalized spacial score (nSPS) is 27.8. The zero-order chi connectivity index (χ0) is 11.6. The molecule has 0 spiro atoms. The number of allylic oxidation sites excluding steroid dienone is 2. The van der Waals surface area contributed by atoms with Gasteiger partial charge in [-0.3, -0.25) is 4.79 Å². The average Bonchev–Trinajstić information content (AvgIpc) is 2.28. The lowest BCUT2D eigenvalue weighted by Crippen LogP contribution is -2.11. The van der Waals surface area contributed by atoms with Gasteiger partial charge in [-0.15, -0.1) is 0 Å². The first-order chi connectivity index (χ1) is 7.79. The molecule has 1 aliphatic heterocycles. The highest BCUT2D eigenvalue weighted by Gasteiger charge is 2.07. The van der Waals surface area contributed by atoms with Crippen LogP contribution >= 0.6 is 0 Å². The first-order valence-electron chi connectivity index (χ1n) is 6.59. The maximum Gasteiger partial charge on any atom is 0.306 e. The van der Waals surface area contributed by atoms with Crippen molar-refractivity contribution in [2.75, 3.05) is 6.61 Å². The van der Waals surface area contributed by atoms with Gasteiger partial charge < -0.3 is 4.74 Å². The smallest absolute Gasteiger partial charge is 0.306 e. The zero-order valence-corrected chi connectivity index (χ0v) is 10.4. The molecule has 0 aromatic rings. The number of hydrogen-bond acceptors (Lipinski definition) is 2. The molecule has 92 valence electrons. The van der Waals surface area contributed by atoms with E-state index >= 15 is 0 Å². The van der Waals surface area contributed by atoms with Gasteiger partial charge in [0.2, 0.25) is 0 Å². The Hall–Kier alpha value is -0.790. The Bertz CT molecular complexity index is 221. The Morgan fingerprint density at radius 1 is 1.12 bits per heavy atom. The second-order valence-corrected chi connectivity index (χ2v) is 4.79. The minimum atomic E-state index is -0.0476. The molecule has 0 fully saturated rings. The summed E-state index contributed by atoms with van der Waals surface area (Å²) in [5.41, 5.74) is 0. The van der Waals surface area contributed by atoms with Gasteiger partial charge in [-0.1, -0.05) is 38.3 Å². The van der Waals surface area contributed by atoms with Gasteiger partial charge in [-0.2, -0.15) is 0 Å². The second-order valence-electron chi connectivity index (χ2n) is 4.79. The zero-order valence-electron chi connectivity index (χ0n) is 10.4. The molecule has 0 bridgehead atoms. The molecule has 0 saturated heterocycles. The molecule has 0 N–H and O–H groups in total. The van der Waals surface area contributed by atoms with Crippen LogP contribution in [-0.4, -0.2) is 12.6 Å². The number of carbonyl (C=O) groups excluding carboxylic acids is 1. The van der Waals surface area contributed by atoms with E-state index in [2.05, 4.69) is 19.1 Å². The Morgan fingerprint density at radius 2 is 1.88 bits per heavy atom. The summed E-state index contributed by atoms with van der Waals surface area (Å²) in [6.45, 7) is 2.77. The first-order valence-corrected chi connectivity index (χ1v) is 6.59. The molecule has 1 rings (SSSR count). The van der Waals surface area contributed by atoms with E-state index in [1.165, 1.54) is 32.1 Å². The van der Waals surface area contributed by atoms with E-state index in [4.69, 9.17) is 4.74 Å². The number of ether oxygens (including phenoxy) is 1. The molecule has 0 aromatic carbocycles. The SMILES string of the molecule is C[C@H]1CCCCCC/C=C\CCC(=O)OC1. The molecule has 0 saturated carbocycles. The van der Waals surface area contributed by atoms with E-state index in [0.717, 1.165) is 12.8 Å². The van der Waals surface area contributed by atoms with E-state index in [1.807, 2.05) is 0 Å². The third-order valence-corrected chi connectivity index (χ3v) is 3.03. The minimum absolute atomic E-state index is 0.0476. The molecule has 2 heteroatoms. The van der Waals surface area contributed by atoms with E-state index in [9.17, 15) is 4.79 Å². The molecule has 0 amide bonds. The third kappa shape index (κ3) is 6.65. The fraction of sp³-hybridized carbons (Fsp3) is 0.786. The molecular weight excluding hydrogens is 200 g/mol. The summed E-state index contributed by atoms with van der Waals surface area (Å²) in [4.78, 5) is 11.3. The summed E-state index contributed by atoms with van der Waals surface area (Å²) < 4.78 is 5.23. The molecule has 0 aromatic heterocycles. The molecule has 1 atom stereocenters. The van der Waals surface area contributed by atoms with Crippen molar-refractivity contribution in [1.29, 1.82) is 0 Å². The van der Waals surface area contributed by atoms with E-state index < -0.39 is 0 Å². The number of cyclic esters (lactones) is 1. The van der Waals surface area contributed by atoms with Crippen LogP contribution in [0, 0.1) is 5.92 Å². The topological polar surface area (TPSA) is 26.3 Å². The molecule has 16 heavy (non-hydrogen) atoms. The van der Waals surface area contributed by atoms with Crippen molar-refractivity contribution < 1.29 is 9.53 Å². The van der Waals surface area contributed by atoms with Gasteiger partial charge in [0.15, 0.2) is 0 Å². The van der Waals surface area contributed by atoms with Crippen molar-refractivity contribution in [3.8, 4) is 0 Å². The number of esters is 1. The molecule has 2 nitrogen and oxygen atoms in total. The number of carbonyl (C=O) groups is 1. The standard InChI is InChI=1S/C14H24O2/c1-13-10-8-6-4-2-3-5-7-9-11-14(15)16-12-13/h5,7,13H,2-4,6,8-12H2,1H3/b7-5-/t13-/m0/s1. The van der Waals surface area contributed by atoms with Crippen LogP contribution in [0.15, 0.2) is 12.2 Å². The van der Waals surface area contributed by atoms with Gasteiger partial charge in [-0.25, -0.2) is 0 Å². The lowest BCUT2D eigenvalue weighted by molar-refractivity contribution is -0.144. The summed E-state index contributed by atoms with van der Waals surface area (Å²) in [5.74, 6) is 0.469. The van der Waals surface area contributed by atoms with Crippen molar-refractivity contribution >= 4 is 5.97 Å². The second kappa shape index (κ2) is 8.37. The van der Waals surface area contributed by atoms with Gasteiger partial charge in [0.1, 0.15) is 0 Å². The Labute approximate surface area is 99.1 Å². The van der Waals surface area contributed by atoms with E-state index in [1.54, 1.807) is 0 Å². The van der Waals surface area contributed by atoms with Crippen LogP contribution in [-0.2, 0) is 9.53 Å². The van der Waals surface area contributed by atoms with Crippen LogP contribution in [0.25, 0.3) is 0 Å². The monoisotopic (exact) mass is 224 g/mol. The molecule has 0 aliphatic carbocycles. The third-order valence-electron chi connectivity index (χ3n) is 3.03. The summed E-state index contributed by atoms with van der Waals surface area (Å²) in [6, 6.07) is 0. The maximum atomic E-state index is 11.3. The van der Waals surface area contributed by atoms with Gasteiger partial charge in [-0.05, 0) is 31.6 Å².